The van der Waals surface area contributed by atoms with E-state index in [1.165, 1.54) is 5.69 Å². The van der Waals surface area contributed by atoms with Crippen molar-refractivity contribution in [2.75, 3.05) is 37.6 Å². The molecule has 0 saturated carbocycles. The van der Waals surface area contributed by atoms with Gasteiger partial charge in [-0.3, -0.25) is 9.59 Å². The molecule has 1 fully saturated rings. The number of carbonyl (C=O) groups excluding carboxylic acids is 2. The lowest BCUT2D eigenvalue weighted by atomic mass is 10.1. The molecule has 0 aliphatic carbocycles. The molecule has 0 bridgehead atoms. The number of nitrogens with zero attached hydrogens (tertiary/aromatic N) is 2. The predicted molar refractivity (Wildman–Crippen MR) is 100 cm³/mol. The van der Waals surface area contributed by atoms with Crippen molar-refractivity contribution in [3.05, 3.63) is 30.3 Å². The number of hydrogen-bond acceptors (Lipinski definition) is 4. The molecule has 1 atom stereocenters. The van der Waals surface area contributed by atoms with Crippen molar-refractivity contribution in [2.45, 2.75) is 32.7 Å². The van der Waals surface area contributed by atoms with E-state index in [2.05, 4.69) is 22.3 Å². The molecule has 6 nitrogen and oxygen atoms in total. The van der Waals surface area contributed by atoms with Gasteiger partial charge in [-0.25, -0.2) is 0 Å². The van der Waals surface area contributed by atoms with E-state index in [-0.39, 0.29) is 17.7 Å². The molecule has 2 rings (SSSR count). The van der Waals surface area contributed by atoms with Crippen molar-refractivity contribution in [1.82, 2.24) is 10.2 Å². The summed E-state index contributed by atoms with van der Waals surface area (Å²) in [7, 11) is 0. The number of benzene rings is 1. The topological polar surface area (TPSA) is 78.7 Å². The van der Waals surface area contributed by atoms with Crippen LogP contribution in [-0.2, 0) is 9.59 Å². The lowest BCUT2D eigenvalue weighted by Gasteiger charge is -2.36. The van der Waals surface area contributed by atoms with Crippen molar-refractivity contribution in [3.63, 3.8) is 0 Å². The van der Waals surface area contributed by atoms with Crippen molar-refractivity contribution in [1.29, 1.82) is 0 Å². The number of carbonyl (C=O) groups is 2. The highest BCUT2D eigenvalue weighted by atomic mass is 16.2. The van der Waals surface area contributed by atoms with Crippen LogP contribution in [0.15, 0.2) is 30.3 Å². The molecule has 1 aliphatic rings. The molecule has 0 aromatic heterocycles. The maximum absolute atomic E-state index is 12.3. The van der Waals surface area contributed by atoms with E-state index >= 15 is 0 Å². The van der Waals surface area contributed by atoms with Gasteiger partial charge in [0.05, 0.1) is 6.04 Å². The molecule has 1 saturated heterocycles. The van der Waals surface area contributed by atoms with E-state index < -0.39 is 6.04 Å². The summed E-state index contributed by atoms with van der Waals surface area (Å²) in [5.74, 6) is 0.136. The lowest BCUT2D eigenvalue weighted by molar-refractivity contribution is -0.132. The number of piperazine rings is 1. The van der Waals surface area contributed by atoms with Gasteiger partial charge in [-0.1, -0.05) is 32.0 Å². The van der Waals surface area contributed by atoms with Crippen molar-refractivity contribution < 1.29 is 9.59 Å². The summed E-state index contributed by atoms with van der Waals surface area (Å²) in [6.07, 6.45) is 1.11. The van der Waals surface area contributed by atoms with Crippen LogP contribution in [0.25, 0.3) is 0 Å². The molecule has 0 unspecified atom stereocenters. The van der Waals surface area contributed by atoms with Crippen molar-refractivity contribution in [2.24, 2.45) is 11.7 Å². The molecular formula is C19H30N4O2. The molecule has 0 spiro atoms. The highest BCUT2D eigenvalue weighted by molar-refractivity contribution is 5.81. The zero-order chi connectivity index (χ0) is 18.2. The number of hydrogen-bond donors (Lipinski definition) is 2. The van der Waals surface area contributed by atoms with E-state index in [0.29, 0.717) is 19.4 Å². The first-order chi connectivity index (χ1) is 12.0. The van der Waals surface area contributed by atoms with Gasteiger partial charge in [0.1, 0.15) is 0 Å². The highest BCUT2D eigenvalue weighted by Gasteiger charge is 2.21. The third-order valence-electron chi connectivity index (χ3n) is 4.64. The van der Waals surface area contributed by atoms with Gasteiger partial charge >= 0.3 is 0 Å². The molecular weight excluding hydrogens is 316 g/mol. The average Bonchev–Trinajstić information content (AvgIpc) is 2.65. The van der Waals surface area contributed by atoms with E-state index in [9.17, 15) is 9.59 Å². The van der Waals surface area contributed by atoms with Crippen LogP contribution in [0.5, 0.6) is 0 Å². The third-order valence-corrected chi connectivity index (χ3v) is 4.64. The Labute approximate surface area is 150 Å². The van der Waals surface area contributed by atoms with Crippen LogP contribution in [0, 0.1) is 5.92 Å². The van der Waals surface area contributed by atoms with Crippen molar-refractivity contribution in [3.8, 4) is 0 Å². The highest BCUT2D eigenvalue weighted by Crippen LogP contribution is 2.16. The first kappa shape index (κ1) is 19.2. The summed E-state index contributed by atoms with van der Waals surface area (Å²) in [5.41, 5.74) is 7.00. The number of para-hydroxylation sites is 1. The van der Waals surface area contributed by atoms with Gasteiger partial charge in [0, 0.05) is 44.8 Å². The Balaban J connectivity index is 1.65. The van der Waals surface area contributed by atoms with Gasteiger partial charge in [-0.15, -0.1) is 0 Å². The van der Waals surface area contributed by atoms with E-state index in [4.69, 9.17) is 5.73 Å². The zero-order valence-electron chi connectivity index (χ0n) is 15.3. The summed E-state index contributed by atoms with van der Waals surface area (Å²) in [4.78, 5) is 28.3. The van der Waals surface area contributed by atoms with Crippen molar-refractivity contribution >= 4 is 17.5 Å². The minimum Gasteiger partial charge on any atom is -0.368 e. The molecule has 1 aliphatic heterocycles. The fourth-order valence-corrected chi connectivity index (χ4v) is 2.88. The van der Waals surface area contributed by atoms with Gasteiger partial charge in [0.15, 0.2) is 0 Å². The second-order valence-corrected chi connectivity index (χ2v) is 6.87. The molecule has 1 aromatic carbocycles. The Hall–Kier alpha value is -2.08. The van der Waals surface area contributed by atoms with Crippen LogP contribution in [0.2, 0.25) is 0 Å². The van der Waals surface area contributed by atoms with Crippen LogP contribution in [0.3, 0.4) is 0 Å². The van der Waals surface area contributed by atoms with Crippen LogP contribution < -0.4 is 16.0 Å². The molecule has 138 valence electrons. The zero-order valence-corrected chi connectivity index (χ0v) is 15.3. The quantitative estimate of drug-likeness (QED) is 0.728. The second kappa shape index (κ2) is 9.42. The Morgan fingerprint density at radius 2 is 1.76 bits per heavy atom. The molecule has 0 radical (unpaired) electrons. The lowest BCUT2D eigenvalue weighted by Crippen LogP contribution is -2.49. The van der Waals surface area contributed by atoms with Gasteiger partial charge in [-0.05, 0) is 24.5 Å². The first-order valence-electron chi connectivity index (χ1n) is 9.10. The third kappa shape index (κ3) is 5.74. The smallest absolute Gasteiger partial charge is 0.237 e. The monoisotopic (exact) mass is 346 g/mol. The van der Waals surface area contributed by atoms with Crippen LogP contribution in [0.1, 0.15) is 26.7 Å². The standard InChI is InChI=1S/C19H30N4O2/c1-15(2)18(20)19(25)21-10-6-9-17(24)23-13-11-22(12-14-23)16-7-4-3-5-8-16/h3-5,7-8,15,18H,6,9-14,20H2,1-2H3,(H,21,25)/t18-/m0/s1. The maximum Gasteiger partial charge on any atom is 0.237 e. The molecule has 25 heavy (non-hydrogen) atoms. The normalized spacial score (nSPS) is 16.0. The molecule has 6 heteroatoms. The maximum atomic E-state index is 12.3. The SMILES string of the molecule is CC(C)[C@H](N)C(=O)NCCCC(=O)N1CCN(c2ccccc2)CC1. The molecule has 1 aromatic rings. The summed E-state index contributed by atoms with van der Waals surface area (Å²) in [6.45, 7) is 7.54. The Morgan fingerprint density at radius 1 is 1.12 bits per heavy atom. The summed E-state index contributed by atoms with van der Waals surface area (Å²) < 4.78 is 0. The predicted octanol–water partition coefficient (Wildman–Crippen LogP) is 1.21. The summed E-state index contributed by atoms with van der Waals surface area (Å²) in [6, 6.07) is 9.79. The van der Waals surface area contributed by atoms with Gasteiger partial charge in [0.2, 0.25) is 11.8 Å². The number of amides is 2. The summed E-state index contributed by atoms with van der Waals surface area (Å²) >= 11 is 0. The van der Waals surface area contributed by atoms with Crippen LogP contribution >= 0.6 is 0 Å². The molecule has 2 amide bonds. The Kier molecular flexibility index (Phi) is 7.25. The van der Waals surface area contributed by atoms with Crippen LogP contribution in [0.4, 0.5) is 5.69 Å². The molecule has 3 N–H and O–H groups in total. The van der Waals surface area contributed by atoms with Gasteiger partial charge in [-0.2, -0.15) is 0 Å². The van der Waals surface area contributed by atoms with E-state index in [0.717, 1.165) is 26.2 Å². The van der Waals surface area contributed by atoms with Gasteiger partial charge in [0.25, 0.3) is 0 Å². The largest absolute Gasteiger partial charge is 0.368 e. The average molecular weight is 346 g/mol. The number of nitrogens with one attached hydrogen (secondary N) is 1. The number of nitrogens with two attached hydrogens (primary N) is 1. The van der Waals surface area contributed by atoms with Gasteiger partial charge < -0.3 is 20.9 Å². The fourth-order valence-electron chi connectivity index (χ4n) is 2.88. The van der Waals surface area contributed by atoms with E-state index in [1.54, 1.807) is 0 Å². The summed E-state index contributed by atoms with van der Waals surface area (Å²) in [5, 5.41) is 2.81. The van der Waals surface area contributed by atoms with Crippen LogP contribution in [-0.4, -0.2) is 55.5 Å². The fraction of sp³-hybridized carbons (Fsp3) is 0.579. The number of rotatable bonds is 7. The second-order valence-electron chi connectivity index (χ2n) is 6.87. The first-order valence-corrected chi connectivity index (χ1v) is 9.10. The van der Waals surface area contributed by atoms with E-state index in [1.807, 2.05) is 36.9 Å². The Morgan fingerprint density at radius 3 is 2.36 bits per heavy atom. The number of anilines is 1. The Bertz CT molecular complexity index is 554. The minimum absolute atomic E-state index is 0.113. The molecule has 1 heterocycles. The minimum atomic E-state index is -0.484.